The van der Waals surface area contributed by atoms with Crippen LogP contribution in [0.25, 0.3) is 0 Å². The SMILES string of the molecule is Cc1cc(=O)c(C(=O)N(Cc2ccccc2)c2c(C)cccc2Cl)c(C)[nH]1. The predicted molar refractivity (Wildman–Crippen MR) is 110 cm³/mol. The summed E-state index contributed by atoms with van der Waals surface area (Å²) in [5.74, 6) is -0.367. The van der Waals surface area contributed by atoms with Crippen molar-refractivity contribution in [2.45, 2.75) is 27.3 Å². The maximum atomic E-state index is 13.5. The van der Waals surface area contributed by atoms with E-state index < -0.39 is 0 Å². The number of hydrogen-bond donors (Lipinski definition) is 1. The maximum absolute atomic E-state index is 13.5. The lowest BCUT2D eigenvalue weighted by molar-refractivity contribution is 0.0983. The first-order chi connectivity index (χ1) is 12.9. The molecule has 0 aliphatic rings. The molecule has 0 unspecified atom stereocenters. The molecule has 3 rings (SSSR count). The van der Waals surface area contributed by atoms with Crippen LogP contribution < -0.4 is 10.3 Å². The van der Waals surface area contributed by atoms with E-state index in [9.17, 15) is 9.59 Å². The Morgan fingerprint density at radius 3 is 2.37 bits per heavy atom. The highest BCUT2D eigenvalue weighted by Gasteiger charge is 2.25. The van der Waals surface area contributed by atoms with Crippen LogP contribution in [0.4, 0.5) is 5.69 Å². The van der Waals surface area contributed by atoms with Crippen molar-refractivity contribution >= 4 is 23.2 Å². The molecule has 0 radical (unpaired) electrons. The van der Waals surface area contributed by atoms with E-state index >= 15 is 0 Å². The zero-order valence-electron chi connectivity index (χ0n) is 15.5. The van der Waals surface area contributed by atoms with Gasteiger partial charge in [0.15, 0.2) is 5.43 Å². The zero-order valence-corrected chi connectivity index (χ0v) is 16.3. The number of para-hydroxylation sites is 1. The number of hydrogen-bond acceptors (Lipinski definition) is 2. The molecule has 27 heavy (non-hydrogen) atoms. The Balaban J connectivity index is 2.16. The summed E-state index contributed by atoms with van der Waals surface area (Å²) in [6.45, 7) is 5.75. The summed E-state index contributed by atoms with van der Waals surface area (Å²) in [6, 6.07) is 16.6. The van der Waals surface area contributed by atoms with Crippen molar-refractivity contribution in [3.05, 3.63) is 97.9 Å². The van der Waals surface area contributed by atoms with Gasteiger partial charge in [-0.2, -0.15) is 0 Å². The van der Waals surface area contributed by atoms with Gasteiger partial charge in [0.05, 0.1) is 17.3 Å². The van der Waals surface area contributed by atoms with Crippen LogP contribution in [0.1, 0.15) is 32.9 Å². The van der Waals surface area contributed by atoms with Gasteiger partial charge in [-0.1, -0.05) is 54.1 Å². The highest BCUT2D eigenvalue weighted by molar-refractivity contribution is 6.34. The molecule has 1 N–H and O–H groups in total. The highest BCUT2D eigenvalue weighted by Crippen LogP contribution is 2.31. The van der Waals surface area contributed by atoms with Crippen molar-refractivity contribution in [1.29, 1.82) is 0 Å². The molecule has 1 amide bonds. The van der Waals surface area contributed by atoms with Crippen molar-refractivity contribution in [3.8, 4) is 0 Å². The third kappa shape index (κ3) is 3.96. The second-order valence-electron chi connectivity index (χ2n) is 6.60. The van der Waals surface area contributed by atoms with E-state index in [1.54, 1.807) is 24.8 Å². The van der Waals surface area contributed by atoms with Crippen LogP contribution in [0.15, 0.2) is 59.4 Å². The summed E-state index contributed by atoms with van der Waals surface area (Å²) < 4.78 is 0. The van der Waals surface area contributed by atoms with Gasteiger partial charge >= 0.3 is 0 Å². The number of carbonyl (C=O) groups is 1. The van der Waals surface area contributed by atoms with Crippen LogP contribution in [0.5, 0.6) is 0 Å². The molecule has 0 spiro atoms. The zero-order chi connectivity index (χ0) is 19.6. The number of aryl methyl sites for hydroxylation is 3. The van der Waals surface area contributed by atoms with E-state index in [0.717, 1.165) is 16.8 Å². The summed E-state index contributed by atoms with van der Waals surface area (Å²) in [5, 5.41) is 0.473. The van der Waals surface area contributed by atoms with Crippen LogP contribution in [-0.2, 0) is 6.54 Å². The number of halogens is 1. The second-order valence-corrected chi connectivity index (χ2v) is 7.01. The van der Waals surface area contributed by atoms with Crippen LogP contribution in [0.3, 0.4) is 0 Å². The Morgan fingerprint density at radius 2 is 1.74 bits per heavy atom. The quantitative estimate of drug-likeness (QED) is 0.706. The molecule has 1 heterocycles. The van der Waals surface area contributed by atoms with E-state index in [-0.39, 0.29) is 16.9 Å². The average molecular weight is 381 g/mol. The lowest BCUT2D eigenvalue weighted by Crippen LogP contribution is -2.35. The van der Waals surface area contributed by atoms with E-state index in [2.05, 4.69) is 4.98 Å². The highest BCUT2D eigenvalue weighted by atomic mass is 35.5. The van der Waals surface area contributed by atoms with Gasteiger partial charge in [0.25, 0.3) is 5.91 Å². The fourth-order valence-corrected chi connectivity index (χ4v) is 3.56. The molecule has 4 nitrogen and oxygen atoms in total. The summed E-state index contributed by atoms with van der Waals surface area (Å²) in [5.41, 5.74) is 3.55. The molecule has 0 saturated carbocycles. The Bertz CT molecular complexity index is 1020. The monoisotopic (exact) mass is 380 g/mol. The normalized spacial score (nSPS) is 10.7. The standard InChI is InChI=1S/C22H21ClN2O2/c1-14-8-7-11-18(23)21(14)25(13-17-9-5-4-6-10-17)22(27)20-16(3)24-15(2)12-19(20)26/h4-12H,13H2,1-3H3,(H,24,26). The molecule has 0 atom stereocenters. The predicted octanol–water partition coefficient (Wildman–Crippen LogP) is 4.80. The number of aromatic amines is 1. The van der Waals surface area contributed by atoms with Crippen molar-refractivity contribution in [2.75, 3.05) is 4.90 Å². The summed E-state index contributed by atoms with van der Waals surface area (Å²) in [7, 11) is 0. The molecule has 0 aliphatic heterocycles. The lowest BCUT2D eigenvalue weighted by atomic mass is 10.1. The first-order valence-corrected chi connectivity index (χ1v) is 9.07. The number of benzene rings is 2. The van der Waals surface area contributed by atoms with Gasteiger partial charge < -0.3 is 9.88 Å². The molecule has 3 aromatic rings. The fourth-order valence-electron chi connectivity index (χ4n) is 3.23. The third-order valence-corrected chi connectivity index (χ3v) is 4.76. The van der Waals surface area contributed by atoms with E-state index in [0.29, 0.717) is 22.9 Å². The number of carbonyl (C=O) groups excluding carboxylic acids is 1. The minimum atomic E-state index is -0.367. The van der Waals surface area contributed by atoms with Crippen LogP contribution in [0.2, 0.25) is 5.02 Å². The topological polar surface area (TPSA) is 53.2 Å². The molecule has 1 aromatic heterocycles. The molecule has 0 aliphatic carbocycles. The summed E-state index contributed by atoms with van der Waals surface area (Å²) >= 11 is 6.45. The fraction of sp³-hybridized carbons (Fsp3) is 0.182. The maximum Gasteiger partial charge on any atom is 0.264 e. The first kappa shape index (κ1) is 18.9. The number of amides is 1. The van der Waals surface area contributed by atoms with Crippen LogP contribution in [0, 0.1) is 20.8 Å². The molecule has 2 aromatic carbocycles. The van der Waals surface area contributed by atoms with E-state index in [1.165, 1.54) is 6.07 Å². The number of H-pyrrole nitrogens is 1. The van der Waals surface area contributed by atoms with Gasteiger partial charge in [-0.25, -0.2) is 0 Å². The number of pyridine rings is 1. The molecular formula is C22H21ClN2O2. The van der Waals surface area contributed by atoms with Crippen LogP contribution >= 0.6 is 11.6 Å². The number of rotatable bonds is 4. The first-order valence-electron chi connectivity index (χ1n) is 8.70. The molecule has 138 valence electrons. The van der Waals surface area contributed by atoms with Gasteiger partial charge in [-0.05, 0) is 38.0 Å². The minimum Gasteiger partial charge on any atom is -0.362 e. The molecule has 5 heteroatoms. The van der Waals surface area contributed by atoms with E-state index in [1.807, 2.05) is 49.4 Å². The van der Waals surface area contributed by atoms with Gasteiger partial charge in [0.1, 0.15) is 5.56 Å². The van der Waals surface area contributed by atoms with Crippen LogP contribution in [-0.4, -0.2) is 10.9 Å². The lowest BCUT2D eigenvalue weighted by Gasteiger charge is -2.26. The van der Waals surface area contributed by atoms with Crippen molar-refractivity contribution in [3.63, 3.8) is 0 Å². The van der Waals surface area contributed by atoms with Gasteiger partial charge in [-0.3, -0.25) is 9.59 Å². The second kappa shape index (κ2) is 7.80. The van der Waals surface area contributed by atoms with E-state index in [4.69, 9.17) is 11.6 Å². The Labute approximate surface area is 163 Å². The molecule has 0 fully saturated rings. The van der Waals surface area contributed by atoms with Crippen molar-refractivity contribution < 1.29 is 4.79 Å². The Kier molecular flexibility index (Phi) is 5.47. The smallest absolute Gasteiger partial charge is 0.264 e. The van der Waals surface area contributed by atoms with Gasteiger partial charge in [0, 0.05) is 17.5 Å². The number of anilines is 1. The molecular weight excluding hydrogens is 360 g/mol. The van der Waals surface area contributed by atoms with Gasteiger partial charge in [-0.15, -0.1) is 0 Å². The van der Waals surface area contributed by atoms with Crippen molar-refractivity contribution in [1.82, 2.24) is 4.98 Å². The Morgan fingerprint density at radius 1 is 1.04 bits per heavy atom. The third-order valence-electron chi connectivity index (χ3n) is 4.45. The number of nitrogens with one attached hydrogen (secondary N) is 1. The minimum absolute atomic E-state index is 0.135. The van der Waals surface area contributed by atoms with Gasteiger partial charge in [0.2, 0.25) is 0 Å². The van der Waals surface area contributed by atoms with Crippen molar-refractivity contribution in [2.24, 2.45) is 0 Å². The molecule has 0 saturated heterocycles. The number of aromatic nitrogens is 1. The summed E-state index contributed by atoms with van der Waals surface area (Å²) in [6.07, 6.45) is 0. The Hall–Kier alpha value is -2.85. The number of nitrogens with zero attached hydrogens (tertiary/aromatic N) is 1. The molecule has 0 bridgehead atoms. The summed E-state index contributed by atoms with van der Waals surface area (Å²) in [4.78, 5) is 30.7. The largest absolute Gasteiger partial charge is 0.362 e. The average Bonchev–Trinajstić information content (AvgIpc) is 2.60.